The zero-order chi connectivity index (χ0) is 13.8. The molecule has 0 N–H and O–H groups in total. The van der Waals surface area contributed by atoms with Crippen LogP contribution in [0.1, 0.15) is 42.5 Å². The van der Waals surface area contributed by atoms with E-state index in [0.717, 1.165) is 37.9 Å². The summed E-state index contributed by atoms with van der Waals surface area (Å²) in [6, 6.07) is 9.69. The van der Waals surface area contributed by atoms with Crippen molar-refractivity contribution in [3.8, 4) is 0 Å². The van der Waals surface area contributed by atoms with Gasteiger partial charge < -0.3 is 4.74 Å². The number of benzene rings is 1. The average molecular weight is 290 g/mol. The lowest BCUT2D eigenvalue weighted by atomic mass is 9.79. The third-order valence-corrected chi connectivity index (χ3v) is 5.55. The van der Waals surface area contributed by atoms with Gasteiger partial charge >= 0.3 is 0 Å². The van der Waals surface area contributed by atoms with Crippen LogP contribution >= 0.6 is 11.8 Å². The van der Waals surface area contributed by atoms with E-state index in [1.165, 1.54) is 11.5 Å². The number of ketones is 1. The van der Waals surface area contributed by atoms with Gasteiger partial charge in [0.05, 0.1) is 5.60 Å². The molecule has 0 aliphatic carbocycles. The number of ether oxygens (including phenoxy) is 1. The van der Waals surface area contributed by atoms with Crippen molar-refractivity contribution in [2.24, 2.45) is 5.92 Å². The fourth-order valence-electron chi connectivity index (χ4n) is 3.40. The number of thioether (sulfide) groups is 1. The van der Waals surface area contributed by atoms with E-state index in [-0.39, 0.29) is 11.4 Å². The predicted molar refractivity (Wildman–Crippen MR) is 83.4 cm³/mol. The van der Waals surface area contributed by atoms with Gasteiger partial charge in [0.2, 0.25) is 0 Å². The standard InChI is InChI=1S/C17H22O2S/c18-16(15-4-2-1-3-5-15)12-14-6-9-19-17(13-14)7-10-20-11-8-17/h1-5,14H,6-13H2. The Morgan fingerprint density at radius 1 is 1.25 bits per heavy atom. The van der Waals surface area contributed by atoms with Crippen LogP contribution in [0.5, 0.6) is 0 Å². The fraction of sp³-hybridized carbons (Fsp3) is 0.588. The molecular weight excluding hydrogens is 268 g/mol. The molecule has 1 unspecified atom stereocenters. The Morgan fingerprint density at radius 3 is 2.75 bits per heavy atom. The van der Waals surface area contributed by atoms with Crippen molar-refractivity contribution < 1.29 is 9.53 Å². The molecule has 2 nitrogen and oxygen atoms in total. The first-order chi connectivity index (χ1) is 9.77. The van der Waals surface area contributed by atoms with Crippen molar-refractivity contribution in [3.63, 3.8) is 0 Å². The van der Waals surface area contributed by atoms with Crippen molar-refractivity contribution >= 4 is 17.5 Å². The lowest BCUT2D eigenvalue weighted by Crippen LogP contribution is -2.43. The van der Waals surface area contributed by atoms with E-state index >= 15 is 0 Å². The van der Waals surface area contributed by atoms with Gasteiger partial charge in [-0.05, 0) is 43.1 Å². The zero-order valence-electron chi connectivity index (χ0n) is 11.8. The van der Waals surface area contributed by atoms with Gasteiger partial charge in [0.1, 0.15) is 0 Å². The van der Waals surface area contributed by atoms with Gasteiger partial charge in [-0.15, -0.1) is 0 Å². The summed E-state index contributed by atoms with van der Waals surface area (Å²) in [5, 5.41) is 0. The molecule has 2 aliphatic rings. The summed E-state index contributed by atoms with van der Waals surface area (Å²) in [5.41, 5.74) is 0.942. The van der Waals surface area contributed by atoms with E-state index in [0.29, 0.717) is 12.3 Å². The Balaban J connectivity index is 1.61. The lowest BCUT2D eigenvalue weighted by molar-refractivity contribution is -0.101. The normalized spacial score (nSPS) is 25.5. The molecule has 0 amide bonds. The highest BCUT2D eigenvalue weighted by molar-refractivity contribution is 7.99. The second-order valence-corrected chi connectivity index (χ2v) is 7.22. The molecule has 1 atom stereocenters. The van der Waals surface area contributed by atoms with E-state index in [1.807, 2.05) is 42.1 Å². The number of carbonyl (C=O) groups excluding carboxylic acids is 1. The summed E-state index contributed by atoms with van der Waals surface area (Å²) < 4.78 is 6.10. The topological polar surface area (TPSA) is 26.3 Å². The Bertz CT molecular complexity index is 446. The summed E-state index contributed by atoms with van der Waals surface area (Å²) in [7, 11) is 0. The van der Waals surface area contributed by atoms with Crippen LogP contribution in [0.3, 0.4) is 0 Å². The second kappa shape index (κ2) is 6.31. The van der Waals surface area contributed by atoms with Crippen molar-refractivity contribution in [2.45, 2.75) is 37.7 Å². The van der Waals surface area contributed by atoms with Gasteiger partial charge in [-0.25, -0.2) is 0 Å². The van der Waals surface area contributed by atoms with Crippen LogP contribution in [0.25, 0.3) is 0 Å². The van der Waals surface area contributed by atoms with E-state index in [1.54, 1.807) is 0 Å². The average Bonchev–Trinajstić information content (AvgIpc) is 2.49. The van der Waals surface area contributed by atoms with Crippen LogP contribution in [0.2, 0.25) is 0 Å². The van der Waals surface area contributed by atoms with Gasteiger partial charge in [0.25, 0.3) is 0 Å². The zero-order valence-corrected chi connectivity index (χ0v) is 12.7. The maximum absolute atomic E-state index is 12.3. The Hall–Kier alpha value is -0.800. The molecule has 2 heterocycles. The lowest BCUT2D eigenvalue weighted by Gasteiger charge is -2.43. The van der Waals surface area contributed by atoms with Crippen molar-refractivity contribution in [3.05, 3.63) is 35.9 Å². The fourth-order valence-corrected chi connectivity index (χ4v) is 4.64. The monoisotopic (exact) mass is 290 g/mol. The Labute approximate surface area is 125 Å². The molecule has 2 fully saturated rings. The highest BCUT2D eigenvalue weighted by Crippen LogP contribution is 2.40. The molecule has 108 valence electrons. The molecule has 1 aromatic rings. The van der Waals surface area contributed by atoms with Gasteiger partial charge in [0.15, 0.2) is 5.78 Å². The number of hydrogen-bond acceptors (Lipinski definition) is 3. The molecule has 20 heavy (non-hydrogen) atoms. The van der Waals surface area contributed by atoms with Gasteiger partial charge in [-0.1, -0.05) is 30.3 Å². The molecule has 2 saturated heterocycles. The SMILES string of the molecule is O=C(CC1CCOC2(CCSCC2)C1)c1ccccc1. The third-order valence-electron chi connectivity index (χ3n) is 4.57. The van der Waals surface area contributed by atoms with Crippen LogP contribution in [-0.2, 0) is 4.74 Å². The maximum Gasteiger partial charge on any atom is 0.163 e. The van der Waals surface area contributed by atoms with E-state index in [9.17, 15) is 4.79 Å². The van der Waals surface area contributed by atoms with Crippen LogP contribution in [0.4, 0.5) is 0 Å². The van der Waals surface area contributed by atoms with E-state index < -0.39 is 0 Å². The van der Waals surface area contributed by atoms with E-state index in [2.05, 4.69) is 0 Å². The number of Topliss-reactive ketones (excluding diaryl/α,β-unsaturated/α-hetero) is 1. The highest BCUT2D eigenvalue weighted by atomic mass is 32.2. The summed E-state index contributed by atoms with van der Waals surface area (Å²) in [4.78, 5) is 12.3. The second-order valence-electron chi connectivity index (χ2n) is 6.00. The van der Waals surface area contributed by atoms with Crippen molar-refractivity contribution in [1.82, 2.24) is 0 Å². The quantitative estimate of drug-likeness (QED) is 0.788. The van der Waals surface area contributed by atoms with Crippen molar-refractivity contribution in [2.75, 3.05) is 18.1 Å². The largest absolute Gasteiger partial charge is 0.375 e. The van der Waals surface area contributed by atoms with Gasteiger partial charge in [0, 0.05) is 18.6 Å². The van der Waals surface area contributed by atoms with Gasteiger partial charge in [-0.3, -0.25) is 4.79 Å². The Morgan fingerprint density at radius 2 is 2.00 bits per heavy atom. The highest BCUT2D eigenvalue weighted by Gasteiger charge is 2.39. The summed E-state index contributed by atoms with van der Waals surface area (Å²) in [5.74, 6) is 3.20. The third kappa shape index (κ3) is 3.26. The molecule has 0 radical (unpaired) electrons. The summed E-state index contributed by atoms with van der Waals surface area (Å²) in [6.45, 7) is 0.831. The first-order valence-corrected chi connectivity index (χ1v) is 8.73. The molecule has 0 saturated carbocycles. The predicted octanol–water partition coefficient (Wildman–Crippen LogP) is 3.95. The smallest absolute Gasteiger partial charge is 0.163 e. The van der Waals surface area contributed by atoms with Crippen LogP contribution in [0, 0.1) is 5.92 Å². The molecule has 1 aromatic carbocycles. The first kappa shape index (κ1) is 14.2. The molecule has 3 heteroatoms. The minimum absolute atomic E-state index is 0.0884. The molecule has 0 bridgehead atoms. The summed E-state index contributed by atoms with van der Waals surface area (Å²) >= 11 is 2.03. The van der Waals surface area contributed by atoms with Crippen LogP contribution in [0.15, 0.2) is 30.3 Å². The molecule has 2 aliphatic heterocycles. The number of carbonyl (C=O) groups is 1. The van der Waals surface area contributed by atoms with E-state index in [4.69, 9.17) is 4.74 Å². The number of rotatable bonds is 3. The van der Waals surface area contributed by atoms with Crippen LogP contribution in [-0.4, -0.2) is 29.5 Å². The van der Waals surface area contributed by atoms with Gasteiger partial charge in [-0.2, -0.15) is 11.8 Å². The summed E-state index contributed by atoms with van der Waals surface area (Å²) in [6.07, 6.45) is 5.11. The molecule has 1 spiro atoms. The number of hydrogen-bond donors (Lipinski definition) is 0. The minimum atomic E-state index is 0.0884. The maximum atomic E-state index is 12.3. The Kier molecular flexibility index (Phi) is 4.47. The molecular formula is C17H22O2S. The first-order valence-electron chi connectivity index (χ1n) is 7.57. The minimum Gasteiger partial charge on any atom is -0.375 e. The molecule has 3 rings (SSSR count). The molecule has 0 aromatic heterocycles. The van der Waals surface area contributed by atoms with Crippen molar-refractivity contribution in [1.29, 1.82) is 0 Å². The van der Waals surface area contributed by atoms with Crippen LogP contribution < -0.4 is 0 Å².